The second-order valence-corrected chi connectivity index (χ2v) is 5.55. The van der Waals surface area contributed by atoms with E-state index < -0.39 is 12.2 Å². The van der Waals surface area contributed by atoms with Gasteiger partial charge in [0.25, 0.3) is 5.91 Å². The molecule has 0 aromatic heterocycles. The number of halogens is 1. The zero-order valence-corrected chi connectivity index (χ0v) is 13.5. The molecule has 2 unspecified atom stereocenters. The number of fused-ring (bicyclic) bond motifs is 1. The first-order valence-electron chi connectivity index (χ1n) is 7.15. The Morgan fingerprint density at radius 2 is 1.87 bits per heavy atom. The minimum atomic E-state index is -0.745. The van der Waals surface area contributed by atoms with Gasteiger partial charge in [0.05, 0.1) is 12.1 Å². The highest BCUT2D eigenvalue weighted by molar-refractivity contribution is 6.32. The molecule has 0 saturated heterocycles. The summed E-state index contributed by atoms with van der Waals surface area (Å²) in [5, 5.41) is 3.20. The van der Waals surface area contributed by atoms with Gasteiger partial charge in [-0.3, -0.25) is 4.79 Å². The average Bonchev–Trinajstić information content (AvgIpc) is 2.54. The van der Waals surface area contributed by atoms with Crippen LogP contribution in [-0.4, -0.2) is 25.2 Å². The molecule has 1 amide bonds. The lowest BCUT2D eigenvalue weighted by Crippen LogP contribution is -2.46. The number of methoxy groups -OCH3 is 1. The van der Waals surface area contributed by atoms with Gasteiger partial charge in [0.2, 0.25) is 6.10 Å². The molecule has 120 valence electrons. The van der Waals surface area contributed by atoms with Crippen LogP contribution in [0.5, 0.6) is 17.2 Å². The maximum absolute atomic E-state index is 12.5. The van der Waals surface area contributed by atoms with Crippen LogP contribution in [0.4, 0.5) is 5.69 Å². The van der Waals surface area contributed by atoms with Crippen LogP contribution in [-0.2, 0) is 4.79 Å². The number of hydrogen-bond donors (Lipinski definition) is 1. The number of amides is 1. The van der Waals surface area contributed by atoms with Crippen LogP contribution in [0.2, 0.25) is 5.02 Å². The fourth-order valence-electron chi connectivity index (χ4n) is 2.36. The van der Waals surface area contributed by atoms with E-state index in [2.05, 4.69) is 5.32 Å². The summed E-state index contributed by atoms with van der Waals surface area (Å²) in [6, 6.07) is 12.3. The molecule has 2 aromatic rings. The van der Waals surface area contributed by atoms with Gasteiger partial charge in [0.15, 0.2) is 11.5 Å². The molecule has 5 nitrogen and oxygen atoms in total. The lowest BCUT2D eigenvalue weighted by molar-refractivity contribution is -0.128. The van der Waals surface area contributed by atoms with E-state index in [0.717, 1.165) is 0 Å². The van der Waals surface area contributed by atoms with Gasteiger partial charge in [-0.1, -0.05) is 23.7 Å². The summed E-state index contributed by atoms with van der Waals surface area (Å²) in [6.45, 7) is 1.79. The van der Waals surface area contributed by atoms with E-state index in [-0.39, 0.29) is 5.91 Å². The lowest BCUT2D eigenvalue weighted by atomic mass is 10.1. The smallest absolute Gasteiger partial charge is 0.269 e. The van der Waals surface area contributed by atoms with Crippen LogP contribution in [0.1, 0.15) is 6.92 Å². The highest BCUT2D eigenvalue weighted by Gasteiger charge is 2.34. The van der Waals surface area contributed by atoms with Crippen LogP contribution in [0.3, 0.4) is 0 Å². The number of rotatable bonds is 3. The maximum Gasteiger partial charge on any atom is 0.269 e. The third-order valence-electron chi connectivity index (χ3n) is 3.52. The van der Waals surface area contributed by atoms with Crippen molar-refractivity contribution in [3.63, 3.8) is 0 Å². The van der Waals surface area contributed by atoms with E-state index in [1.165, 1.54) is 7.11 Å². The zero-order chi connectivity index (χ0) is 16.4. The molecule has 1 aliphatic heterocycles. The first kappa shape index (κ1) is 15.5. The molecule has 3 rings (SSSR count). The quantitative estimate of drug-likeness (QED) is 0.933. The van der Waals surface area contributed by atoms with Crippen LogP contribution < -0.4 is 19.5 Å². The number of hydrogen-bond acceptors (Lipinski definition) is 4. The van der Waals surface area contributed by atoms with Gasteiger partial charge in [-0.05, 0) is 37.3 Å². The molecule has 1 N–H and O–H groups in total. The van der Waals surface area contributed by atoms with Crippen molar-refractivity contribution >= 4 is 23.2 Å². The van der Waals surface area contributed by atoms with E-state index >= 15 is 0 Å². The summed E-state index contributed by atoms with van der Waals surface area (Å²) < 4.78 is 16.6. The van der Waals surface area contributed by atoms with E-state index in [4.69, 9.17) is 25.8 Å². The van der Waals surface area contributed by atoms with Gasteiger partial charge < -0.3 is 19.5 Å². The maximum atomic E-state index is 12.5. The van der Waals surface area contributed by atoms with Crippen LogP contribution in [0, 0.1) is 0 Å². The van der Waals surface area contributed by atoms with E-state index in [1.807, 2.05) is 18.2 Å². The molecule has 6 heteroatoms. The number of carbonyl (C=O) groups excluding carboxylic acids is 1. The van der Waals surface area contributed by atoms with Crippen molar-refractivity contribution in [3.05, 3.63) is 47.5 Å². The van der Waals surface area contributed by atoms with Crippen LogP contribution in [0.25, 0.3) is 0 Å². The third kappa shape index (κ3) is 3.19. The van der Waals surface area contributed by atoms with Crippen molar-refractivity contribution < 1.29 is 19.0 Å². The first-order chi connectivity index (χ1) is 11.1. The zero-order valence-electron chi connectivity index (χ0n) is 12.7. The molecule has 23 heavy (non-hydrogen) atoms. The first-order valence-corrected chi connectivity index (χ1v) is 7.53. The van der Waals surface area contributed by atoms with Gasteiger partial charge in [-0.2, -0.15) is 0 Å². The number of benzene rings is 2. The molecule has 0 aliphatic carbocycles. The molecule has 0 saturated carbocycles. The van der Waals surface area contributed by atoms with Gasteiger partial charge in [-0.25, -0.2) is 0 Å². The second-order valence-electron chi connectivity index (χ2n) is 5.15. The van der Waals surface area contributed by atoms with Crippen molar-refractivity contribution in [2.75, 3.05) is 12.4 Å². The van der Waals surface area contributed by atoms with Crippen molar-refractivity contribution in [2.24, 2.45) is 0 Å². The molecule has 2 aromatic carbocycles. The number of ether oxygens (including phenoxy) is 3. The molecule has 0 radical (unpaired) electrons. The second kappa shape index (κ2) is 6.38. The highest BCUT2D eigenvalue weighted by atomic mass is 35.5. The summed E-state index contributed by atoms with van der Waals surface area (Å²) >= 11 is 6.06. The molecular weight excluding hydrogens is 318 g/mol. The molecular formula is C17H16ClNO4. The Morgan fingerprint density at radius 3 is 2.52 bits per heavy atom. The Kier molecular flexibility index (Phi) is 4.30. The minimum absolute atomic E-state index is 0.298. The van der Waals surface area contributed by atoms with Gasteiger partial charge in [-0.15, -0.1) is 0 Å². The fourth-order valence-corrected chi connectivity index (χ4v) is 2.62. The summed E-state index contributed by atoms with van der Waals surface area (Å²) in [6.07, 6.45) is -1.15. The number of nitrogens with one attached hydrogen (secondary N) is 1. The molecule has 2 atom stereocenters. The van der Waals surface area contributed by atoms with Crippen molar-refractivity contribution in [2.45, 2.75) is 19.1 Å². The SMILES string of the molecule is COc1ccc(NC(=O)C2Oc3ccccc3OC2C)cc1Cl. The Hall–Kier alpha value is -2.40. The summed E-state index contributed by atoms with van der Waals surface area (Å²) in [5.41, 5.74) is 0.565. The van der Waals surface area contributed by atoms with Gasteiger partial charge >= 0.3 is 0 Å². The molecule has 1 heterocycles. The Balaban J connectivity index is 1.75. The van der Waals surface area contributed by atoms with Crippen molar-refractivity contribution in [3.8, 4) is 17.2 Å². The van der Waals surface area contributed by atoms with Crippen LogP contribution in [0.15, 0.2) is 42.5 Å². The van der Waals surface area contributed by atoms with Gasteiger partial charge in [0, 0.05) is 5.69 Å². The van der Waals surface area contributed by atoms with E-state index in [0.29, 0.717) is 28.0 Å². The van der Waals surface area contributed by atoms with E-state index in [1.54, 1.807) is 31.2 Å². The molecule has 0 fully saturated rings. The Morgan fingerprint density at radius 1 is 1.17 bits per heavy atom. The third-order valence-corrected chi connectivity index (χ3v) is 3.82. The molecule has 1 aliphatic rings. The molecule has 0 spiro atoms. The highest BCUT2D eigenvalue weighted by Crippen LogP contribution is 2.34. The number of carbonyl (C=O) groups is 1. The number of anilines is 1. The lowest BCUT2D eigenvalue weighted by Gasteiger charge is -2.31. The summed E-state index contributed by atoms with van der Waals surface area (Å²) in [7, 11) is 1.53. The van der Waals surface area contributed by atoms with Crippen molar-refractivity contribution in [1.82, 2.24) is 0 Å². The average molecular weight is 334 g/mol. The fraction of sp³-hybridized carbons (Fsp3) is 0.235. The monoisotopic (exact) mass is 333 g/mol. The Labute approximate surface area is 139 Å². The van der Waals surface area contributed by atoms with E-state index in [9.17, 15) is 4.79 Å². The normalized spacial score (nSPS) is 19.1. The predicted octanol–water partition coefficient (Wildman–Crippen LogP) is 3.52. The largest absolute Gasteiger partial charge is 0.495 e. The van der Waals surface area contributed by atoms with Crippen molar-refractivity contribution in [1.29, 1.82) is 0 Å². The van der Waals surface area contributed by atoms with Crippen LogP contribution >= 0.6 is 11.6 Å². The topological polar surface area (TPSA) is 56.8 Å². The Bertz CT molecular complexity index is 734. The predicted molar refractivity (Wildman–Crippen MR) is 87.6 cm³/mol. The minimum Gasteiger partial charge on any atom is -0.495 e. The van der Waals surface area contributed by atoms with Gasteiger partial charge in [0.1, 0.15) is 11.9 Å². The number of para-hydroxylation sites is 2. The molecule has 0 bridgehead atoms. The summed E-state index contributed by atoms with van der Waals surface area (Å²) in [5.74, 6) is 1.44. The summed E-state index contributed by atoms with van der Waals surface area (Å²) in [4.78, 5) is 12.5. The standard InChI is InChI=1S/C17H16ClNO4/c1-10-16(23-15-6-4-3-5-14(15)22-10)17(20)19-11-7-8-13(21-2)12(18)9-11/h3-10,16H,1-2H3,(H,19,20).